The number of carboxylic acid groups (broad SMARTS) is 1. The normalized spacial score (nSPS) is 10.9. The fourth-order valence-corrected chi connectivity index (χ4v) is 2.69. The lowest BCUT2D eigenvalue weighted by Gasteiger charge is -2.04. The topological polar surface area (TPSA) is 93.5 Å². The molecule has 2 heterocycles. The summed E-state index contributed by atoms with van der Waals surface area (Å²) >= 11 is 0. The van der Waals surface area contributed by atoms with Gasteiger partial charge < -0.3 is 10.8 Å². The predicted molar refractivity (Wildman–Crippen MR) is 95.2 cm³/mol. The summed E-state index contributed by atoms with van der Waals surface area (Å²) < 4.78 is 1.51. The Morgan fingerprint density at radius 2 is 1.68 bits per heavy atom. The van der Waals surface area contributed by atoms with E-state index in [2.05, 4.69) is 10.1 Å². The summed E-state index contributed by atoms with van der Waals surface area (Å²) in [4.78, 5) is 16.1. The summed E-state index contributed by atoms with van der Waals surface area (Å²) in [5.41, 5.74) is 9.21. The highest BCUT2D eigenvalue weighted by atomic mass is 16.4. The van der Waals surface area contributed by atoms with Crippen molar-refractivity contribution in [3.63, 3.8) is 0 Å². The van der Waals surface area contributed by atoms with Gasteiger partial charge in [-0.3, -0.25) is 0 Å². The molecule has 2 aromatic carbocycles. The minimum atomic E-state index is -1.04. The molecule has 0 aliphatic carbocycles. The molecule has 122 valence electrons. The average Bonchev–Trinajstić information content (AvgIpc) is 3.06. The number of carboxylic acids is 1. The quantitative estimate of drug-likeness (QED) is 0.562. The second-order valence-electron chi connectivity index (χ2n) is 5.64. The number of hydrogen-bond acceptors (Lipinski definition) is 4. The molecule has 6 nitrogen and oxygen atoms in total. The van der Waals surface area contributed by atoms with Gasteiger partial charge in [0.05, 0.1) is 0 Å². The van der Waals surface area contributed by atoms with E-state index in [1.54, 1.807) is 24.4 Å². The van der Waals surface area contributed by atoms with Gasteiger partial charge in [-0.05, 0) is 35.9 Å². The fraction of sp³-hybridized carbons (Fsp3) is 0. The Labute approximate surface area is 143 Å². The molecule has 0 aliphatic heterocycles. The summed E-state index contributed by atoms with van der Waals surface area (Å²) in [6.07, 6.45) is 1.78. The van der Waals surface area contributed by atoms with E-state index in [1.807, 2.05) is 42.5 Å². The molecule has 2 aromatic heterocycles. The smallest absolute Gasteiger partial charge is 0.339 e. The molecule has 4 rings (SSSR count). The molecular weight excluding hydrogens is 316 g/mol. The summed E-state index contributed by atoms with van der Waals surface area (Å²) in [7, 11) is 0. The zero-order valence-electron chi connectivity index (χ0n) is 13.1. The SMILES string of the molecule is Nc1ccc(-c2nc3c(C(=O)O)cc(-c4ccccc4)cn3n2)cc1. The largest absolute Gasteiger partial charge is 0.478 e. The number of benzene rings is 2. The highest BCUT2D eigenvalue weighted by Gasteiger charge is 2.16. The van der Waals surface area contributed by atoms with Gasteiger partial charge >= 0.3 is 5.97 Å². The van der Waals surface area contributed by atoms with E-state index < -0.39 is 5.97 Å². The first kappa shape index (κ1) is 14.9. The van der Waals surface area contributed by atoms with E-state index in [9.17, 15) is 9.90 Å². The molecule has 0 radical (unpaired) electrons. The van der Waals surface area contributed by atoms with Crippen LogP contribution in [0.15, 0.2) is 66.9 Å². The van der Waals surface area contributed by atoms with Gasteiger partial charge in [-0.1, -0.05) is 30.3 Å². The van der Waals surface area contributed by atoms with E-state index in [4.69, 9.17) is 5.73 Å². The van der Waals surface area contributed by atoms with Crippen LogP contribution in [0.2, 0.25) is 0 Å². The average molecular weight is 330 g/mol. The van der Waals surface area contributed by atoms with Gasteiger partial charge in [0, 0.05) is 23.0 Å². The molecule has 0 fully saturated rings. The van der Waals surface area contributed by atoms with Crippen LogP contribution in [-0.2, 0) is 0 Å². The van der Waals surface area contributed by atoms with Crippen LogP contribution in [0.25, 0.3) is 28.2 Å². The van der Waals surface area contributed by atoms with Crippen molar-refractivity contribution in [1.29, 1.82) is 0 Å². The molecule has 0 unspecified atom stereocenters. The van der Waals surface area contributed by atoms with E-state index in [0.717, 1.165) is 16.7 Å². The van der Waals surface area contributed by atoms with Crippen LogP contribution in [0.4, 0.5) is 5.69 Å². The van der Waals surface area contributed by atoms with E-state index >= 15 is 0 Å². The van der Waals surface area contributed by atoms with Crippen LogP contribution in [0.3, 0.4) is 0 Å². The fourth-order valence-electron chi connectivity index (χ4n) is 2.69. The van der Waals surface area contributed by atoms with E-state index in [0.29, 0.717) is 17.2 Å². The van der Waals surface area contributed by atoms with Gasteiger partial charge in [0.15, 0.2) is 11.5 Å². The third-order valence-electron chi connectivity index (χ3n) is 3.94. The number of nitrogen functional groups attached to an aromatic ring is 1. The molecule has 0 amide bonds. The lowest BCUT2D eigenvalue weighted by Crippen LogP contribution is -2.02. The van der Waals surface area contributed by atoms with E-state index in [1.165, 1.54) is 4.52 Å². The summed E-state index contributed by atoms with van der Waals surface area (Å²) in [5.74, 6) is -0.591. The number of nitrogens with two attached hydrogens (primary N) is 1. The van der Waals surface area contributed by atoms with Gasteiger partial charge in [0.1, 0.15) is 5.56 Å². The van der Waals surface area contributed by atoms with Gasteiger partial charge in [-0.2, -0.15) is 0 Å². The molecule has 0 saturated heterocycles. The van der Waals surface area contributed by atoms with Crippen LogP contribution in [0.5, 0.6) is 0 Å². The van der Waals surface area contributed by atoms with Gasteiger partial charge in [0.2, 0.25) is 0 Å². The molecule has 0 aliphatic rings. The standard InChI is InChI=1S/C19H14N4O2/c20-15-8-6-13(7-9-15)17-21-18-16(19(24)25)10-14(11-23(18)22-17)12-4-2-1-3-5-12/h1-11H,20H2,(H,24,25). The summed E-state index contributed by atoms with van der Waals surface area (Å²) in [6, 6.07) is 18.3. The summed E-state index contributed by atoms with van der Waals surface area (Å²) in [5, 5.41) is 14.0. The van der Waals surface area contributed by atoms with Crippen molar-refractivity contribution >= 4 is 17.3 Å². The van der Waals surface area contributed by atoms with Crippen molar-refractivity contribution in [2.75, 3.05) is 5.73 Å². The number of nitrogens with zero attached hydrogens (tertiary/aromatic N) is 3. The molecule has 3 N–H and O–H groups in total. The van der Waals surface area contributed by atoms with Crippen LogP contribution in [0, 0.1) is 0 Å². The molecule has 0 spiro atoms. The highest BCUT2D eigenvalue weighted by molar-refractivity contribution is 5.96. The van der Waals surface area contributed by atoms with Crippen molar-refractivity contribution in [1.82, 2.24) is 14.6 Å². The minimum absolute atomic E-state index is 0.107. The maximum Gasteiger partial charge on any atom is 0.339 e. The molecule has 6 heteroatoms. The molecule has 0 saturated carbocycles. The van der Waals surface area contributed by atoms with Crippen molar-refractivity contribution < 1.29 is 9.90 Å². The first-order valence-electron chi connectivity index (χ1n) is 7.67. The number of aromatic nitrogens is 3. The van der Waals surface area contributed by atoms with Gasteiger partial charge in [0.25, 0.3) is 0 Å². The monoisotopic (exact) mass is 330 g/mol. The number of anilines is 1. The van der Waals surface area contributed by atoms with Crippen LogP contribution in [0.1, 0.15) is 10.4 Å². The van der Waals surface area contributed by atoms with E-state index in [-0.39, 0.29) is 5.56 Å². The lowest BCUT2D eigenvalue weighted by molar-refractivity contribution is 0.0698. The Morgan fingerprint density at radius 1 is 0.960 bits per heavy atom. The second kappa shape index (κ2) is 5.76. The number of hydrogen-bond donors (Lipinski definition) is 2. The number of fused-ring (bicyclic) bond motifs is 1. The van der Waals surface area contributed by atoms with Crippen molar-refractivity contribution in [3.8, 4) is 22.5 Å². The van der Waals surface area contributed by atoms with Crippen LogP contribution >= 0.6 is 0 Å². The third kappa shape index (κ3) is 2.70. The molecule has 4 aromatic rings. The number of aromatic carboxylic acids is 1. The zero-order chi connectivity index (χ0) is 17.4. The lowest BCUT2D eigenvalue weighted by atomic mass is 10.1. The minimum Gasteiger partial charge on any atom is -0.478 e. The number of carbonyl (C=O) groups is 1. The predicted octanol–water partition coefficient (Wildman–Crippen LogP) is 3.34. The van der Waals surface area contributed by atoms with Gasteiger partial charge in [-0.15, -0.1) is 5.10 Å². The van der Waals surface area contributed by atoms with Crippen molar-refractivity contribution in [2.24, 2.45) is 0 Å². The highest BCUT2D eigenvalue weighted by Crippen LogP contribution is 2.25. The van der Waals surface area contributed by atoms with Crippen LogP contribution in [-0.4, -0.2) is 25.7 Å². The Balaban J connectivity index is 1.92. The summed E-state index contributed by atoms with van der Waals surface area (Å²) in [6.45, 7) is 0. The Morgan fingerprint density at radius 3 is 2.36 bits per heavy atom. The molecule has 0 atom stereocenters. The Bertz CT molecular complexity index is 1070. The third-order valence-corrected chi connectivity index (χ3v) is 3.94. The maximum absolute atomic E-state index is 11.7. The van der Waals surface area contributed by atoms with Crippen molar-refractivity contribution in [3.05, 3.63) is 72.4 Å². The Hall–Kier alpha value is -3.67. The first-order chi connectivity index (χ1) is 12.1. The Kier molecular flexibility index (Phi) is 3.43. The molecule has 0 bridgehead atoms. The maximum atomic E-state index is 11.7. The van der Waals surface area contributed by atoms with Crippen molar-refractivity contribution in [2.45, 2.75) is 0 Å². The van der Waals surface area contributed by atoms with Gasteiger partial charge in [-0.25, -0.2) is 14.3 Å². The second-order valence-corrected chi connectivity index (χ2v) is 5.64. The first-order valence-corrected chi connectivity index (χ1v) is 7.67. The van der Waals surface area contributed by atoms with Crippen LogP contribution < -0.4 is 5.73 Å². The molecular formula is C19H14N4O2. The molecule has 25 heavy (non-hydrogen) atoms. The number of rotatable bonds is 3. The zero-order valence-corrected chi connectivity index (χ0v) is 13.1. The number of pyridine rings is 1.